The quantitative estimate of drug-likeness (QED) is 0.420. The zero-order valence-corrected chi connectivity index (χ0v) is 19.2. The largest absolute Gasteiger partial charge is 0.508 e. The fraction of sp³-hybridized carbons (Fsp3) is 0.207. The number of ether oxygens (including phenoxy) is 1. The van der Waals surface area contributed by atoms with E-state index in [9.17, 15) is 9.90 Å². The lowest BCUT2D eigenvalue weighted by atomic mass is 9.90. The summed E-state index contributed by atoms with van der Waals surface area (Å²) in [5, 5.41) is 13.2. The molecule has 0 aromatic heterocycles. The van der Waals surface area contributed by atoms with Crippen molar-refractivity contribution in [3.63, 3.8) is 0 Å². The minimum atomic E-state index is -0.354. The Kier molecular flexibility index (Phi) is 6.19. The van der Waals surface area contributed by atoms with E-state index in [2.05, 4.69) is 46.2 Å². The standard InChI is InChI=1S/C29H28N2O3/c1-34-29(33)23-13-11-22(12-14-23)28(27-25-10-6-5-7-21(25)15-16-26(27)32)31-19-17-30(18-20-31)24-8-3-2-4-9-24/h2-16,28,32H,17-20H2,1H3. The van der Waals surface area contributed by atoms with Gasteiger partial charge >= 0.3 is 5.97 Å². The summed E-state index contributed by atoms with van der Waals surface area (Å²) >= 11 is 0. The van der Waals surface area contributed by atoms with E-state index in [0.29, 0.717) is 5.56 Å². The summed E-state index contributed by atoms with van der Waals surface area (Å²) in [7, 11) is 1.39. The van der Waals surface area contributed by atoms with Gasteiger partial charge in [0.2, 0.25) is 0 Å². The Hall–Kier alpha value is -3.83. The van der Waals surface area contributed by atoms with E-state index < -0.39 is 0 Å². The normalized spacial score (nSPS) is 15.3. The van der Waals surface area contributed by atoms with Crippen molar-refractivity contribution < 1.29 is 14.6 Å². The number of fused-ring (bicyclic) bond motifs is 1. The summed E-state index contributed by atoms with van der Waals surface area (Å²) in [5.74, 6) is -0.0705. The number of hydrogen-bond donors (Lipinski definition) is 1. The second-order valence-corrected chi connectivity index (χ2v) is 8.59. The second-order valence-electron chi connectivity index (χ2n) is 8.59. The molecule has 0 spiro atoms. The summed E-state index contributed by atoms with van der Waals surface area (Å²) in [6.45, 7) is 3.49. The number of benzene rings is 4. The van der Waals surface area contributed by atoms with Crippen molar-refractivity contribution >= 4 is 22.4 Å². The van der Waals surface area contributed by atoms with Crippen LogP contribution in [0.25, 0.3) is 10.8 Å². The maximum Gasteiger partial charge on any atom is 0.337 e. The van der Waals surface area contributed by atoms with Gasteiger partial charge < -0.3 is 14.7 Å². The molecule has 0 amide bonds. The first-order valence-corrected chi connectivity index (χ1v) is 11.6. The zero-order valence-electron chi connectivity index (χ0n) is 19.2. The van der Waals surface area contributed by atoms with Crippen LogP contribution in [0.2, 0.25) is 0 Å². The molecule has 5 rings (SSSR count). The number of aromatic hydroxyl groups is 1. The predicted octanol–water partition coefficient (Wildman–Crippen LogP) is 5.24. The molecule has 5 heteroatoms. The summed E-state index contributed by atoms with van der Waals surface area (Å²) < 4.78 is 4.87. The summed E-state index contributed by atoms with van der Waals surface area (Å²) in [5.41, 5.74) is 3.68. The average molecular weight is 453 g/mol. The molecule has 1 fully saturated rings. The molecule has 5 nitrogen and oxygen atoms in total. The van der Waals surface area contributed by atoms with Gasteiger partial charge in [-0.15, -0.1) is 0 Å². The molecule has 1 unspecified atom stereocenters. The Morgan fingerprint density at radius 1 is 0.824 bits per heavy atom. The smallest absolute Gasteiger partial charge is 0.337 e. The molecular formula is C29H28N2O3. The van der Waals surface area contributed by atoms with E-state index >= 15 is 0 Å². The summed E-state index contributed by atoms with van der Waals surface area (Å²) in [6, 6.07) is 29.8. The van der Waals surface area contributed by atoms with Gasteiger partial charge in [0.1, 0.15) is 5.75 Å². The molecule has 0 aliphatic carbocycles. The number of para-hydroxylation sites is 1. The van der Waals surface area contributed by atoms with E-state index in [0.717, 1.165) is 48.1 Å². The van der Waals surface area contributed by atoms with Gasteiger partial charge in [0.25, 0.3) is 0 Å². The van der Waals surface area contributed by atoms with Crippen molar-refractivity contribution in [2.75, 3.05) is 38.2 Å². The molecule has 1 heterocycles. The van der Waals surface area contributed by atoms with Crippen LogP contribution in [0.5, 0.6) is 5.75 Å². The van der Waals surface area contributed by atoms with Crippen LogP contribution in [0, 0.1) is 0 Å². The van der Waals surface area contributed by atoms with Crippen molar-refractivity contribution in [1.82, 2.24) is 4.90 Å². The lowest BCUT2D eigenvalue weighted by Crippen LogP contribution is -2.48. The lowest BCUT2D eigenvalue weighted by molar-refractivity contribution is 0.0600. The number of methoxy groups -OCH3 is 1. The third-order valence-electron chi connectivity index (χ3n) is 6.67. The van der Waals surface area contributed by atoms with Crippen LogP contribution in [0.4, 0.5) is 5.69 Å². The Balaban J connectivity index is 1.54. The average Bonchev–Trinajstić information content (AvgIpc) is 2.91. The number of piperazine rings is 1. The van der Waals surface area contributed by atoms with Crippen molar-refractivity contribution in [2.24, 2.45) is 0 Å². The Morgan fingerprint density at radius 2 is 1.50 bits per heavy atom. The van der Waals surface area contributed by atoms with Crippen LogP contribution in [0.3, 0.4) is 0 Å². The molecule has 1 aliphatic heterocycles. The summed E-state index contributed by atoms with van der Waals surface area (Å²) in [6.07, 6.45) is 0. The van der Waals surface area contributed by atoms with Gasteiger partial charge in [-0.1, -0.05) is 60.7 Å². The van der Waals surface area contributed by atoms with Crippen molar-refractivity contribution in [3.05, 3.63) is 108 Å². The van der Waals surface area contributed by atoms with Gasteiger partial charge in [0, 0.05) is 37.4 Å². The van der Waals surface area contributed by atoms with Crippen LogP contribution >= 0.6 is 0 Å². The molecule has 4 aromatic rings. The Bertz CT molecular complexity index is 1280. The minimum absolute atomic E-state index is 0.143. The first-order chi connectivity index (χ1) is 16.7. The number of phenols is 1. The highest BCUT2D eigenvalue weighted by molar-refractivity contribution is 5.90. The highest BCUT2D eigenvalue weighted by Gasteiger charge is 2.30. The van der Waals surface area contributed by atoms with Gasteiger partial charge in [-0.05, 0) is 46.7 Å². The SMILES string of the molecule is COC(=O)c1ccc(C(c2c(O)ccc3ccccc23)N2CCN(c3ccccc3)CC2)cc1. The van der Waals surface area contributed by atoms with Crippen LogP contribution in [-0.2, 0) is 4.74 Å². The van der Waals surface area contributed by atoms with E-state index in [4.69, 9.17) is 4.74 Å². The van der Waals surface area contributed by atoms with Crippen LogP contribution < -0.4 is 4.90 Å². The number of esters is 1. The highest BCUT2D eigenvalue weighted by Crippen LogP contribution is 2.40. The molecule has 34 heavy (non-hydrogen) atoms. The topological polar surface area (TPSA) is 53.0 Å². The molecule has 1 saturated heterocycles. The van der Waals surface area contributed by atoms with Crippen LogP contribution in [0.1, 0.15) is 27.5 Å². The van der Waals surface area contributed by atoms with E-state index in [1.165, 1.54) is 12.8 Å². The van der Waals surface area contributed by atoms with Gasteiger partial charge in [-0.3, -0.25) is 4.90 Å². The number of hydrogen-bond acceptors (Lipinski definition) is 5. The fourth-order valence-electron chi connectivity index (χ4n) is 4.93. The number of carbonyl (C=O) groups is 1. The van der Waals surface area contributed by atoms with Crippen molar-refractivity contribution in [2.45, 2.75) is 6.04 Å². The molecule has 172 valence electrons. The first-order valence-electron chi connectivity index (χ1n) is 11.6. The maximum atomic E-state index is 12.0. The monoisotopic (exact) mass is 452 g/mol. The fourth-order valence-corrected chi connectivity index (χ4v) is 4.93. The Labute approximate surface area is 199 Å². The molecular weight excluding hydrogens is 424 g/mol. The van der Waals surface area contributed by atoms with Gasteiger partial charge in [0.15, 0.2) is 0 Å². The number of rotatable bonds is 5. The van der Waals surface area contributed by atoms with Crippen molar-refractivity contribution in [1.29, 1.82) is 0 Å². The third kappa shape index (κ3) is 4.22. The zero-order chi connectivity index (χ0) is 23.5. The second kappa shape index (κ2) is 9.57. The molecule has 0 radical (unpaired) electrons. The minimum Gasteiger partial charge on any atom is -0.508 e. The van der Waals surface area contributed by atoms with Crippen LogP contribution in [0.15, 0.2) is 91.0 Å². The Morgan fingerprint density at radius 3 is 2.21 bits per heavy atom. The molecule has 1 atom stereocenters. The van der Waals surface area contributed by atoms with Crippen molar-refractivity contribution in [3.8, 4) is 5.75 Å². The van der Waals surface area contributed by atoms with Gasteiger partial charge in [-0.2, -0.15) is 0 Å². The molecule has 4 aromatic carbocycles. The molecule has 0 saturated carbocycles. The predicted molar refractivity (Wildman–Crippen MR) is 135 cm³/mol. The maximum absolute atomic E-state index is 12.0. The first kappa shape index (κ1) is 22.0. The van der Waals surface area contributed by atoms with E-state index in [1.807, 2.05) is 36.4 Å². The molecule has 0 bridgehead atoms. The summed E-state index contributed by atoms with van der Waals surface area (Å²) in [4.78, 5) is 16.8. The number of anilines is 1. The van der Waals surface area contributed by atoms with Gasteiger partial charge in [-0.25, -0.2) is 4.79 Å². The highest BCUT2D eigenvalue weighted by atomic mass is 16.5. The molecule has 1 N–H and O–H groups in total. The van der Waals surface area contributed by atoms with E-state index in [-0.39, 0.29) is 17.8 Å². The van der Waals surface area contributed by atoms with E-state index in [1.54, 1.807) is 18.2 Å². The lowest BCUT2D eigenvalue weighted by Gasteiger charge is -2.41. The third-order valence-corrected chi connectivity index (χ3v) is 6.67. The number of carbonyl (C=O) groups excluding carboxylic acids is 1. The molecule has 1 aliphatic rings. The number of phenolic OH excluding ortho intramolecular Hbond substituents is 1. The number of nitrogens with zero attached hydrogens (tertiary/aromatic N) is 2. The van der Waals surface area contributed by atoms with Gasteiger partial charge in [0.05, 0.1) is 18.7 Å². The van der Waals surface area contributed by atoms with Crippen LogP contribution in [-0.4, -0.2) is 49.3 Å².